The molecule has 1 aliphatic rings. The molecule has 1 aromatic carbocycles. The van der Waals surface area contributed by atoms with Crippen molar-refractivity contribution in [3.05, 3.63) is 35.4 Å². The summed E-state index contributed by atoms with van der Waals surface area (Å²) in [4.78, 5) is 11.2. The van der Waals surface area contributed by atoms with E-state index in [0.717, 1.165) is 11.5 Å². The lowest BCUT2D eigenvalue weighted by Gasteiger charge is -2.16. The number of urea groups is 1. The van der Waals surface area contributed by atoms with Crippen molar-refractivity contribution in [1.29, 1.82) is 0 Å². The van der Waals surface area contributed by atoms with E-state index in [0.29, 0.717) is 0 Å². The summed E-state index contributed by atoms with van der Waals surface area (Å²) in [6.07, 6.45) is 2.43. The van der Waals surface area contributed by atoms with E-state index in [-0.39, 0.29) is 17.1 Å². The van der Waals surface area contributed by atoms with E-state index in [9.17, 15) is 21.6 Å². The Bertz CT molecular complexity index is 1030. The fourth-order valence-corrected chi connectivity index (χ4v) is 3.75. The number of hydrogen-bond acceptors (Lipinski definition) is 8. The van der Waals surface area contributed by atoms with Gasteiger partial charge < -0.3 is 4.18 Å². The maximum Gasteiger partial charge on any atom is 0.334 e. The van der Waals surface area contributed by atoms with Crippen LogP contribution >= 0.6 is 0 Å². The van der Waals surface area contributed by atoms with Crippen molar-refractivity contribution in [2.75, 3.05) is 5.32 Å². The van der Waals surface area contributed by atoms with Gasteiger partial charge in [-0.05, 0) is 12.1 Å². The number of nitrogens with one attached hydrogen (secondary N) is 3. The van der Waals surface area contributed by atoms with Gasteiger partial charge in [-0.15, -0.1) is 5.10 Å². The van der Waals surface area contributed by atoms with Crippen molar-refractivity contribution in [3.63, 3.8) is 0 Å². The van der Waals surface area contributed by atoms with E-state index >= 15 is 0 Å². The van der Waals surface area contributed by atoms with Gasteiger partial charge in [0.2, 0.25) is 0 Å². The lowest BCUT2D eigenvalue weighted by molar-refractivity contribution is 0.256. The number of nitrogens with zero attached hydrogens (tertiary/aromatic N) is 2. The highest BCUT2D eigenvalue weighted by molar-refractivity contribution is 7.91. The van der Waals surface area contributed by atoms with Crippen LogP contribution in [0.25, 0.3) is 6.08 Å². The predicted molar refractivity (Wildman–Crippen MR) is 80.7 cm³/mol. The standard InChI is InChI=1S/C11H9N5O6S2/c17-11(13-9-6-12-16-14-9)15-24(20,21)8-3-1-2-7-4-5-23(18,19)22-10(7)8/h1-6H,(H3,12,13,14,15,16,17). The minimum atomic E-state index is -4.40. The normalized spacial score (nSPS) is 15.2. The Labute approximate surface area is 135 Å². The number of rotatable bonds is 3. The quantitative estimate of drug-likeness (QED) is 0.636. The van der Waals surface area contributed by atoms with E-state index < -0.39 is 31.1 Å². The first-order valence-electron chi connectivity index (χ1n) is 6.23. The van der Waals surface area contributed by atoms with Crippen LogP contribution in [-0.4, -0.2) is 38.3 Å². The van der Waals surface area contributed by atoms with E-state index in [1.165, 1.54) is 24.4 Å². The van der Waals surface area contributed by atoms with E-state index in [1.807, 2.05) is 0 Å². The van der Waals surface area contributed by atoms with Crippen LogP contribution in [0.1, 0.15) is 5.56 Å². The van der Waals surface area contributed by atoms with Crippen LogP contribution in [0.3, 0.4) is 0 Å². The first-order chi connectivity index (χ1) is 11.3. The second-order valence-electron chi connectivity index (χ2n) is 4.47. The number of para-hydroxylation sites is 1. The molecule has 0 atom stereocenters. The molecule has 3 rings (SSSR count). The van der Waals surface area contributed by atoms with Crippen molar-refractivity contribution in [2.24, 2.45) is 0 Å². The molecule has 0 saturated carbocycles. The number of carbonyl (C=O) groups excluding carboxylic acids is 1. The molecule has 2 aromatic rings. The molecule has 2 amide bonds. The van der Waals surface area contributed by atoms with Gasteiger partial charge in [0.05, 0.1) is 11.6 Å². The molecule has 11 nitrogen and oxygen atoms in total. The van der Waals surface area contributed by atoms with Gasteiger partial charge in [-0.1, -0.05) is 17.3 Å². The number of aromatic nitrogens is 3. The highest BCUT2D eigenvalue weighted by Gasteiger charge is 2.28. The fourth-order valence-electron chi connectivity index (χ4n) is 1.85. The number of H-pyrrole nitrogens is 1. The number of fused-ring (bicyclic) bond motifs is 1. The summed E-state index contributed by atoms with van der Waals surface area (Å²) < 4.78 is 54.1. The third-order valence-corrected chi connectivity index (χ3v) is 5.02. The smallest absolute Gasteiger partial charge is 0.334 e. The van der Waals surface area contributed by atoms with Gasteiger partial charge >= 0.3 is 16.1 Å². The summed E-state index contributed by atoms with van der Waals surface area (Å²) in [6, 6.07) is 2.86. The molecule has 3 N–H and O–H groups in total. The Balaban J connectivity index is 1.91. The zero-order chi connectivity index (χ0) is 17.4. The van der Waals surface area contributed by atoms with Gasteiger partial charge in [0.1, 0.15) is 4.90 Å². The summed E-state index contributed by atoms with van der Waals surface area (Å²) in [5.74, 6) is -0.388. The zero-order valence-electron chi connectivity index (χ0n) is 11.6. The van der Waals surface area contributed by atoms with Gasteiger partial charge in [0, 0.05) is 5.56 Å². The summed E-state index contributed by atoms with van der Waals surface area (Å²) >= 11 is 0. The first-order valence-corrected chi connectivity index (χ1v) is 9.18. The lowest BCUT2D eigenvalue weighted by atomic mass is 10.2. The molecule has 13 heteroatoms. The van der Waals surface area contributed by atoms with Crippen LogP contribution in [-0.2, 0) is 20.1 Å². The third-order valence-electron chi connectivity index (χ3n) is 2.80. The SMILES string of the molecule is O=C(Nc1c[nH]nn1)NS(=O)(=O)c1cccc2c1OS(=O)(=O)C=C2. The molecular formula is C11H9N5O6S2. The maximum atomic E-state index is 12.3. The summed E-state index contributed by atoms with van der Waals surface area (Å²) in [5.41, 5.74) is 0.240. The molecule has 0 saturated heterocycles. The molecule has 1 aromatic heterocycles. The van der Waals surface area contributed by atoms with Crippen molar-refractivity contribution >= 4 is 38.1 Å². The van der Waals surface area contributed by atoms with E-state index in [1.54, 1.807) is 4.72 Å². The van der Waals surface area contributed by atoms with E-state index in [4.69, 9.17) is 4.18 Å². The molecule has 0 fully saturated rings. The maximum absolute atomic E-state index is 12.3. The van der Waals surface area contributed by atoms with Crippen LogP contribution in [0.2, 0.25) is 0 Å². The number of carbonyl (C=O) groups is 1. The van der Waals surface area contributed by atoms with E-state index in [2.05, 4.69) is 20.7 Å². The highest BCUT2D eigenvalue weighted by Crippen LogP contribution is 2.33. The topological polar surface area (TPSA) is 160 Å². The summed E-state index contributed by atoms with van der Waals surface area (Å²) in [7, 11) is -8.44. The molecule has 2 heterocycles. The molecule has 0 radical (unpaired) electrons. The number of benzene rings is 1. The Morgan fingerprint density at radius 1 is 1.29 bits per heavy atom. The van der Waals surface area contributed by atoms with Gasteiger partial charge in [-0.3, -0.25) is 10.4 Å². The number of anilines is 1. The molecule has 0 unspecified atom stereocenters. The monoisotopic (exact) mass is 371 g/mol. The summed E-state index contributed by atoms with van der Waals surface area (Å²) in [6.45, 7) is 0. The zero-order valence-corrected chi connectivity index (χ0v) is 13.3. The molecule has 24 heavy (non-hydrogen) atoms. The van der Waals surface area contributed by atoms with Crippen molar-refractivity contribution in [1.82, 2.24) is 20.1 Å². The first kappa shape index (κ1) is 15.9. The van der Waals surface area contributed by atoms with Crippen molar-refractivity contribution in [2.45, 2.75) is 4.90 Å². The second-order valence-corrected chi connectivity index (χ2v) is 7.55. The third kappa shape index (κ3) is 3.21. The lowest BCUT2D eigenvalue weighted by Crippen LogP contribution is -2.35. The number of aromatic amines is 1. The molecule has 1 aliphatic heterocycles. The van der Waals surface area contributed by atoms with Gasteiger partial charge in [0.25, 0.3) is 10.0 Å². The Morgan fingerprint density at radius 2 is 2.08 bits per heavy atom. The average molecular weight is 371 g/mol. The van der Waals surface area contributed by atoms with Crippen LogP contribution in [0.4, 0.5) is 10.6 Å². The highest BCUT2D eigenvalue weighted by atomic mass is 32.2. The van der Waals surface area contributed by atoms with Crippen molar-refractivity contribution < 1.29 is 25.8 Å². The average Bonchev–Trinajstić information content (AvgIpc) is 2.97. The molecule has 126 valence electrons. The minimum Gasteiger partial charge on any atom is -0.377 e. The predicted octanol–water partition coefficient (Wildman–Crippen LogP) is 0.00800. The minimum absolute atomic E-state index is 0.000415. The van der Waals surface area contributed by atoms with Crippen LogP contribution in [0.5, 0.6) is 5.75 Å². The van der Waals surface area contributed by atoms with Crippen LogP contribution in [0.15, 0.2) is 34.7 Å². The molecule has 0 bridgehead atoms. The molecular weight excluding hydrogens is 362 g/mol. The molecule has 0 aliphatic carbocycles. The number of sulfonamides is 1. The summed E-state index contributed by atoms with van der Waals surface area (Å²) in [5, 5.41) is 12.1. The number of amides is 2. The Hall–Kier alpha value is -2.93. The molecule has 0 spiro atoms. The Kier molecular flexibility index (Phi) is 3.73. The van der Waals surface area contributed by atoms with Crippen molar-refractivity contribution in [3.8, 4) is 5.75 Å². The van der Waals surface area contributed by atoms with Gasteiger partial charge in [-0.2, -0.15) is 8.42 Å². The largest absolute Gasteiger partial charge is 0.377 e. The van der Waals surface area contributed by atoms with Crippen LogP contribution < -0.4 is 14.2 Å². The fraction of sp³-hybridized carbons (Fsp3) is 0. The van der Waals surface area contributed by atoms with Crippen LogP contribution in [0, 0.1) is 0 Å². The number of hydrogen-bond donors (Lipinski definition) is 3. The van der Waals surface area contributed by atoms with Gasteiger partial charge in [-0.25, -0.2) is 17.9 Å². The second kappa shape index (κ2) is 5.61. The van der Waals surface area contributed by atoms with Gasteiger partial charge in [0.15, 0.2) is 11.6 Å². The Morgan fingerprint density at radius 3 is 2.79 bits per heavy atom.